The van der Waals surface area contributed by atoms with Crippen molar-refractivity contribution in [2.45, 2.75) is 13.8 Å². The zero-order valence-electron chi connectivity index (χ0n) is 11.3. The Morgan fingerprint density at radius 2 is 1.55 bits per heavy atom. The van der Waals surface area contributed by atoms with Gasteiger partial charge >= 0.3 is 0 Å². The second-order valence-electron chi connectivity index (χ2n) is 4.46. The zero-order valence-corrected chi connectivity index (χ0v) is 11.3. The van der Waals surface area contributed by atoms with Crippen molar-refractivity contribution in [1.82, 2.24) is 10.1 Å². The first-order valence-electron chi connectivity index (χ1n) is 6.37. The summed E-state index contributed by atoms with van der Waals surface area (Å²) in [5.74, 6) is 0.723. The highest BCUT2D eigenvalue weighted by Crippen LogP contribution is 2.15. The molecule has 2 heterocycles. The van der Waals surface area contributed by atoms with Crippen LogP contribution in [0.15, 0.2) is 57.5 Å². The molecule has 2 aromatic carbocycles. The van der Waals surface area contributed by atoms with E-state index in [1.165, 1.54) is 0 Å². The van der Waals surface area contributed by atoms with Gasteiger partial charge in [0.05, 0.1) is 5.69 Å². The molecule has 0 aliphatic rings. The molecule has 0 amide bonds. The monoisotopic (exact) mass is 266 g/mol. The molecule has 0 spiro atoms. The summed E-state index contributed by atoms with van der Waals surface area (Å²) >= 11 is 0. The maximum absolute atomic E-state index is 5.26. The van der Waals surface area contributed by atoms with Gasteiger partial charge in [0.15, 0.2) is 17.1 Å². The molecule has 0 bridgehead atoms. The molecule has 0 fully saturated rings. The van der Waals surface area contributed by atoms with Crippen molar-refractivity contribution in [1.29, 1.82) is 0 Å². The number of aromatic nitrogens is 2. The molecule has 2 aromatic heterocycles. The predicted molar refractivity (Wildman–Crippen MR) is 77.5 cm³/mol. The fraction of sp³-hybridized carbons (Fsp3) is 0.125. The van der Waals surface area contributed by atoms with Gasteiger partial charge in [0.1, 0.15) is 5.52 Å². The summed E-state index contributed by atoms with van der Waals surface area (Å²) in [5, 5.41) is 4.92. The molecule has 0 aliphatic heterocycles. The van der Waals surface area contributed by atoms with E-state index < -0.39 is 0 Å². The van der Waals surface area contributed by atoms with Crippen LogP contribution in [0.1, 0.15) is 11.6 Å². The lowest BCUT2D eigenvalue weighted by molar-refractivity contribution is 0.450. The maximum Gasteiger partial charge on any atom is 0.192 e. The van der Waals surface area contributed by atoms with Crippen LogP contribution in [0.3, 0.4) is 0 Å². The molecule has 4 aromatic rings. The minimum atomic E-state index is 0.723. The van der Waals surface area contributed by atoms with Gasteiger partial charge in [0.2, 0.25) is 0 Å². The molecule has 0 atom stereocenters. The van der Waals surface area contributed by atoms with Crippen LogP contribution in [0.25, 0.3) is 22.1 Å². The van der Waals surface area contributed by atoms with Crippen LogP contribution in [-0.2, 0) is 0 Å². The van der Waals surface area contributed by atoms with Crippen LogP contribution in [0.5, 0.6) is 0 Å². The van der Waals surface area contributed by atoms with E-state index in [2.05, 4.69) is 10.1 Å². The van der Waals surface area contributed by atoms with Crippen LogP contribution in [0.4, 0.5) is 0 Å². The summed E-state index contributed by atoms with van der Waals surface area (Å²) in [4.78, 5) is 4.15. The fourth-order valence-electron chi connectivity index (χ4n) is 2.00. The molecule has 100 valence electrons. The van der Waals surface area contributed by atoms with Crippen molar-refractivity contribution in [2.75, 3.05) is 0 Å². The van der Waals surface area contributed by atoms with Gasteiger partial charge < -0.3 is 8.94 Å². The molecular formula is C16H14N2O2. The quantitative estimate of drug-likeness (QED) is 0.477. The third-order valence-electron chi connectivity index (χ3n) is 2.96. The van der Waals surface area contributed by atoms with Gasteiger partial charge in [-0.2, -0.15) is 0 Å². The van der Waals surface area contributed by atoms with E-state index in [4.69, 9.17) is 8.94 Å². The third-order valence-corrected chi connectivity index (χ3v) is 2.96. The molecule has 0 saturated carbocycles. The molecule has 20 heavy (non-hydrogen) atoms. The first-order valence-corrected chi connectivity index (χ1v) is 6.37. The first-order chi connectivity index (χ1) is 9.74. The highest BCUT2D eigenvalue weighted by molar-refractivity contribution is 5.78. The summed E-state index contributed by atoms with van der Waals surface area (Å²) < 4.78 is 10.3. The van der Waals surface area contributed by atoms with Gasteiger partial charge in [-0.05, 0) is 31.2 Å². The van der Waals surface area contributed by atoms with Crippen LogP contribution >= 0.6 is 0 Å². The van der Waals surface area contributed by atoms with Crippen molar-refractivity contribution in [2.24, 2.45) is 0 Å². The zero-order chi connectivity index (χ0) is 13.9. The molecule has 4 heteroatoms. The van der Waals surface area contributed by atoms with Gasteiger partial charge in [-0.3, -0.25) is 0 Å². The van der Waals surface area contributed by atoms with Crippen molar-refractivity contribution in [3.63, 3.8) is 0 Å². The predicted octanol–water partition coefficient (Wildman–Crippen LogP) is 4.27. The van der Waals surface area contributed by atoms with Crippen molar-refractivity contribution < 1.29 is 8.94 Å². The van der Waals surface area contributed by atoms with E-state index in [0.717, 1.165) is 33.7 Å². The standard InChI is InChI=1S/2C8H7NO/c1-6-9-7-4-2-3-5-8(7)10-6;1-6-7-4-2-3-5-8(7)10-9-6/h2*2-5H,1H3. The van der Waals surface area contributed by atoms with Crippen LogP contribution < -0.4 is 0 Å². The van der Waals surface area contributed by atoms with Crippen molar-refractivity contribution >= 4 is 22.1 Å². The molecule has 4 rings (SSSR count). The molecule has 0 aliphatic carbocycles. The largest absolute Gasteiger partial charge is 0.441 e. The number of fused-ring (bicyclic) bond motifs is 2. The van der Waals surface area contributed by atoms with Crippen LogP contribution in [0, 0.1) is 13.8 Å². The maximum atomic E-state index is 5.26. The fourth-order valence-corrected chi connectivity index (χ4v) is 2.00. The summed E-state index contributed by atoms with van der Waals surface area (Å²) in [6.45, 7) is 3.78. The number of aryl methyl sites for hydroxylation is 2. The van der Waals surface area contributed by atoms with Gasteiger partial charge in [-0.25, -0.2) is 4.98 Å². The summed E-state index contributed by atoms with van der Waals surface area (Å²) in [7, 11) is 0. The van der Waals surface area contributed by atoms with Crippen LogP contribution in [-0.4, -0.2) is 10.1 Å². The number of benzene rings is 2. The number of nitrogens with zero attached hydrogens (tertiary/aromatic N) is 2. The Hall–Kier alpha value is -2.62. The third kappa shape index (κ3) is 2.40. The van der Waals surface area contributed by atoms with E-state index in [0.29, 0.717) is 0 Å². The topological polar surface area (TPSA) is 52.1 Å². The molecular weight excluding hydrogens is 252 g/mol. The Morgan fingerprint density at radius 3 is 2.30 bits per heavy atom. The number of hydrogen-bond acceptors (Lipinski definition) is 4. The van der Waals surface area contributed by atoms with E-state index >= 15 is 0 Å². The lowest BCUT2D eigenvalue weighted by Crippen LogP contribution is -1.66. The second-order valence-corrected chi connectivity index (χ2v) is 4.46. The van der Waals surface area contributed by atoms with Crippen molar-refractivity contribution in [3.05, 3.63) is 60.1 Å². The lowest BCUT2D eigenvalue weighted by Gasteiger charge is -1.82. The Morgan fingerprint density at radius 1 is 0.850 bits per heavy atom. The summed E-state index contributed by atoms with van der Waals surface area (Å²) in [6.07, 6.45) is 0. The van der Waals surface area contributed by atoms with E-state index in [-0.39, 0.29) is 0 Å². The number of hydrogen-bond donors (Lipinski definition) is 0. The van der Waals surface area contributed by atoms with Gasteiger partial charge in [0.25, 0.3) is 0 Å². The van der Waals surface area contributed by atoms with Gasteiger partial charge in [-0.15, -0.1) is 0 Å². The Bertz CT molecular complexity index is 804. The van der Waals surface area contributed by atoms with Gasteiger partial charge in [0, 0.05) is 12.3 Å². The molecule has 0 N–H and O–H groups in total. The Balaban J connectivity index is 0.000000121. The molecule has 4 nitrogen and oxygen atoms in total. The number of rotatable bonds is 0. The SMILES string of the molecule is Cc1nc2ccccc2o1.Cc1noc2ccccc12. The number of oxazole rings is 1. The molecule has 0 saturated heterocycles. The average molecular weight is 266 g/mol. The van der Waals surface area contributed by atoms with E-state index in [1.54, 1.807) is 0 Å². The van der Waals surface area contributed by atoms with Crippen molar-refractivity contribution in [3.8, 4) is 0 Å². The van der Waals surface area contributed by atoms with Crippen LogP contribution in [0.2, 0.25) is 0 Å². The normalized spacial score (nSPS) is 10.5. The molecule has 0 radical (unpaired) electrons. The highest BCUT2D eigenvalue weighted by atomic mass is 16.5. The average Bonchev–Trinajstić information content (AvgIpc) is 3.02. The lowest BCUT2D eigenvalue weighted by atomic mass is 10.2. The first kappa shape index (κ1) is 12.4. The summed E-state index contributed by atoms with van der Waals surface area (Å²) in [5.41, 5.74) is 3.61. The smallest absolute Gasteiger partial charge is 0.192 e. The number of para-hydroxylation sites is 3. The Labute approximate surface area is 116 Å². The van der Waals surface area contributed by atoms with Gasteiger partial charge in [-0.1, -0.05) is 29.4 Å². The second kappa shape index (κ2) is 5.17. The highest BCUT2D eigenvalue weighted by Gasteiger charge is 1.99. The van der Waals surface area contributed by atoms with E-state index in [9.17, 15) is 0 Å². The molecule has 0 unspecified atom stereocenters. The summed E-state index contributed by atoms with van der Waals surface area (Å²) in [6, 6.07) is 15.6. The minimum absolute atomic E-state index is 0.723. The minimum Gasteiger partial charge on any atom is -0.441 e. The Kier molecular flexibility index (Phi) is 3.21. The van der Waals surface area contributed by atoms with E-state index in [1.807, 2.05) is 62.4 Å².